The van der Waals surface area contributed by atoms with E-state index in [9.17, 15) is 9.59 Å². The number of carbonyl (C=O) groups is 2. The van der Waals surface area contributed by atoms with Gasteiger partial charge in [-0.1, -0.05) is 0 Å². The highest BCUT2D eigenvalue weighted by Gasteiger charge is 2.09. The first-order chi connectivity index (χ1) is 5.25. The summed E-state index contributed by atoms with van der Waals surface area (Å²) in [6.07, 6.45) is 0.889. The minimum Gasteiger partial charge on any atom is -0.477 e. The molecule has 1 heterocycles. The maximum absolute atomic E-state index is 10.5. The fraction of sp³-hybridized carbons (Fsp3) is 0.143. The van der Waals surface area contributed by atoms with Gasteiger partial charge in [0.2, 0.25) is 0 Å². The predicted octanol–water partition coefficient (Wildman–Crippen LogP) is 1.19. The number of aldehydes is 1. The van der Waals surface area contributed by atoms with Gasteiger partial charge in [-0.15, -0.1) is 11.3 Å². The zero-order valence-corrected chi connectivity index (χ0v) is 6.43. The van der Waals surface area contributed by atoms with Crippen LogP contribution in [0, 0.1) is 0 Å². The predicted molar refractivity (Wildman–Crippen MR) is 41.0 cm³/mol. The van der Waals surface area contributed by atoms with Crippen molar-refractivity contribution >= 4 is 23.6 Å². The van der Waals surface area contributed by atoms with Crippen LogP contribution < -0.4 is 0 Å². The minimum atomic E-state index is -0.961. The second-order valence-electron chi connectivity index (χ2n) is 1.95. The Labute approximate surface area is 67.3 Å². The molecule has 11 heavy (non-hydrogen) atoms. The Kier molecular flexibility index (Phi) is 2.38. The van der Waals surface area contributed by atoms with Crippen molar-refractivity contribution in [1.29, 1.82) is 0 Å². The van der Waals surface area contributed by atoms with E-state index in [4.69, 9.17) is 5.11 Å². The van der Waals surface area contributed by atoms with Gasteiger partial charge in [-0.3, -0.25) is 0 Å². The number of rotatable bonds is 3. The summed E-state index contributed by atoms with van der Waals surface area (Å²) >= 11 is 1.14. The number of thiophene rings is 1. The molecule has 0 spiro atoms. The standard InChI is InChI=1S/C7H6O3S/c8-3-1-5-2-4-11-6(5)7(9)10/h2-4H,1H2,(H,9,10). The summed E-state index contributed by atoms with van der Waals surface area (Å²) in [4.78, 5) is 20.8. The van der Waals surface area contributed by atoms with E-state index < -0.39 is 5.97 Å². The van der Waals surface area contributed by atoms with Crippen LogP contribution in [-0.2, 0) is 11.2 Å². The lowest BCUT2D eigenvalue weighted by molar-refractivity contribution is -0.107. The van der Waals surface area contributed by atoms with Gasteiger partial charge >= 0.3 is 5.97 Å². The van der Waals surface area contributed by atoms with Crippen molar-refractivity contribution in [2.24, 2.45) is 0 Å². The van der Waals surface area contributed by atoms with Crippen LogP contribution in [-0.4, -0.2) is 17.4 Å². The van der Waals surface area contributed by atoms with E-state index in [0.29, 0.717) is 11.8 Å². The topological polar surface area (TPSA) is 54.4 Å². The van der Waals surface area contributed by atoms with E-state index in [1.165, 1.54) is 0 Å². The van der Waals surface area contributed by atoms with Gasteiger partial charge in [0, 0.05) is 6.42 Å². The molecule has 0 unspecified atom stereocenters. The number of carbonyl (C=O) groups excluding carboxylic acids is 1. The van der Waals surface area contributed by atoms with Crippen molar-refractivity contribution in [1.82, 2.24) is 0 Å². The second kappa shape index (κ2) is 3.30. The highest BCUT2D eigenvalue weighted by molar-refractivity contribution is 7.12. The van der Waals surface area contributed by atoms with E-state index in [-0.39, 0.29) is 11.3 Å². The van der Waals surface area contributed by atoms with E-state index >= 15 is 0 Å². The lowest BCUT2D eigenvalue weighted by atomic mass is 10.2. The molecule has 3 nitrogen and oxygen atoms in total. The monoisotopic (exact) mass is 170 g/mol. The number of aromatic carboxylic acids is 1. The first kappa shape index (κ1) is 7.94. The zero-order valence-electron chi connectivity index (χ0n) is 5.61. The fourth-order valence-electron chi connectivity index (χ4n) is 0.774. The summed E-state index contributed by atoms with van der Waals surface area (Å²) in [6, 6.07) is 1.66. The van der Waals surface area contributed by atoms with Crippen LogP contribution >= 0.6 is 11.3 Å². The molecule has 0 radical (unpaired) electrons. The summed E-state index contributed by atoms with van der Waals surface area (Å²) in [7, 11) is 0. The van der Waals surface area contributed by atoms with Crippen LogP contribution in [0.5, 0.6) is 0 Å². The number of hydrogen-bond acceptors (Lipinski definition) is 3. The summed E-state index contributed by atoms with van der Waals surface area (Å²) < 4.78 is 0. The Bertz CT molecular complexity index is 277. The Hall–Kier alpha value is -1.16. The SMILES string of the molecule is O=CCc1ccsc1C(=O)O. The van der Waals surface area contributed by atoms with Gasteiger partial charge in [0.05, 0.1) is 0 Å². The molecule has 0 saturated carbocycles. The molecule has 1 aromatic heterocycles. The maximum Gasteiger partial charge on any atom is 0.346 e. The molecule has 0 bridgehead atoms. The Morgan fingerprint density at radius 3 is 3.00 bits per heavy atom. The molecule has 1 rings (SSSR count). The van der Waals surface area contributed by atoms with Gasteiger partial charge in [-0.2, -0.15) is 0 Å². The molecule has 0 atom stereocenters. The molecule has 1 N–H and O–H groups in total. The molecule has 0 amide bonds. The highest BCUT2D eigenvalue weighted by Crippen LogP contribution is 2.16. The molecule has 0 aliphatic rings. The van der Waals surface area contributed by atoms with Crippen molar-refractivity contribution in [3.63, 3.8) is 0 Å². The lowest BCUT2D eigenvalue weighted by Gasteiger charge is -1.90. The van der Waals surface area contributed by atoms with E-state index in [0.717, 1.165) is 11.3 Å². The van der Waals surface area contributed by atoms with Crippen LogP contribution in [0.2, 0.25) is 0 Å². The zero-order chi connectivity index (χ0) is 8.27. The average molecular weight is 170 g/mol. The van der Waals surface area contributed by atoms with E-state index in [1.54, 1.807) is 11.4 Å². The average Bonchev–Trinajstić information content (AvgIpc) is 2.36. The molecular formula is C7H6O3S. The van der Waals surface area contributed by atoms with Gasteiger partial charge in [-0.25, -0.2) is 4.79 Å². The third kappa shape index (κ3) is 1.65. The third-order valence-corrected chi connectivity index (χ3v) is 2.19. The molecule has 1 aromatic rings. The van der Waals surface area contributed by atoms with E-state index in [2.05, 4.69) is 0 Å². The molecule has 4 heteroatoms. The fourth-order valence-corrected chi connectivity index (χ4v) is 1.55. The van der Waals surface area contributed by atoms with E-state index in [1.807, 2.05) is 0 Å². The minimum absolute atomic E-state index is 0.186. The largest absolute Gasteiger partial charge is 0.477 e. The normalized spacial score (nSPS) is 9.45. The summed E-state index contributed by atoms with van der Waals surface area (Å²) in [5.74, 6) is -0.961. The summed E-state index contributed by atoms with van der Waals surface area (Å²) in [6.45, 7) is 0. The Morgan fingerprint density at radius 1 is 1.73 bits per heavy atom. The van der Waals surface area contributed by atoms with Crippen LogP contribution in [0.15, 0.2) is 11.4 Å². The maximum atomic E-state index is 10.5. The van der Waals surface area contributed by atoms with Gasteiger partial charge in [0.25, 0.3) is 0 Å². The molecular weight excluding hydrogens is 164 g/mol. The Morgan fingerprint density at radius 2 is 2.45 bits per heavy atom. The molecule has 0 aromatic carbocycles. The number of hydrogen-bond donors (Lipinski definition) is 1. The number of carboxylic acid groups (broad SMARTS) is 1. The van der Waals surface area contributed by atoms with Gasteiger partial charge in [-0.05, 0) is 17.0 Å². The van der Waals surface area contributed by atoms with Crippen LogP contribution in [0.4, 0.5) is 0 Å². The second-order valence-corrected chi connectivity index (χ2v) is 2.87. The molecule has 0 aliphatic heterocycles. The van der Waals surface area contributed by atoms with Gasteiger partial charge in [0.1, 0.15) is 11.2 Å². The van der Waals surface area contributed by atoms with Crippen LogP contribution in [0.1, 0.15) is 15.2 Å². The highest BCUT2D eigenvalue weighted by atomic mass is 32.1. The number of carboxylic acids is 1. The first-order valence-electron chi connectivity index (χ1n) is 2.99. The summed E-state index contributed by atoms with van der Waals surface area (Å²) in [5.41, 5.74) is 0.595. The quantitative estimate of drug-likeness (QED) is 0.693. The molecule has 0 aliphatic carbocycles. The van der Waals surface area contributed by atoms with Crippen molar-refractivity contribution in [2.45, 2.75) is 6.42 Å². The van der Waals surface area contributed by atoms with Crippen molar-refractivity contribution in [3.8, 4) is 0 Å². The van der Waals surface area contributed by atoms with Crippen LogP contribution in [0.3, 0.4) is 0 Å². The molecule has 58 valence electrons. The third-order valence-electron chi connectivity index (χ3n) is 1.24. The molecule has 0 saturated heterocycles. The smallest absolute Gasteiger partial charge is 0.346 e. The van der Waals surface area contributed by atoms with Crippen molar-refractivity contribution < 1.29 is 14.7 Å². The van der Waals surface area contributed by atoms with Crippen molar-refractivity contribution in [3.05, 3.63) is 21.9 Å². The summed E-state index contributed by atoms with van der Waals surface area (Å²) in [5, 5.41) is 10.2. The van der Waals surface area contributed by atoms with Gasteiger partial charge in [0.15, 0.2) is 0 Å². The first-order valence-corrected chi connectivity index (χ1v) is 3.87. The van der Waals surface area contributed by atoms with Crippen molar-refractivity contribution in [2.75, 3.05) is 0 Å². The van der Waals surface area contributed by atoms with Gasteiger partial charge < -0.3 is 9.90 Å². The lowest BCUT2D eigenvalue weighted by Crippen LogP contribution is -1.97. The van der Waals surface area contributed by atoms with Crippen LogP contribution in [0.25, 0.3) is 0 Å². The molecule has 0 fully saturated rings. The Balaban J connectivity index is 2.95.